The van der Waals surface area contributed by atoms with E-state index >= 15 is 0 Å². The van der Waals surface area contributed by atoms with Crippen LogP contribution in [0.3, 0.4) is 0 Å². The van der Waals surface area contributed by atoms with E-state index in [0.29, 0.717) is 0 Å². The molecule has 0 bridgehead atoms. The van der Waals surface area contributed by atoms with Crippen LogP contribution in [-0.2, 0) is 14.9 Å². The molecule has 130 valence electrons. The second-order valence-corrected chi connectivity index (χ2v) is 7.31. The molecule has 0 N–H and O–H groups in total. The first-order valence-corrected chi connectivity index (χ1v) is 9.39. The van der Waals surface area contributed by atoms with Gasteiger partial charge < -0.3 is 14.4 Å². The van der Waals surface area contributed by atoms with Crippen molar-refractivity contribution in [3.8, 4) is 0 Å². The molecule has 1 atom stereocenters. The van der Waals surface area contributed by atoms with E-state index in [0.717, 1.165) is 39.3 Å². The third-order valence-electron chi connectivity index (χ3n) is 5.96. The molecule has 3 aliphatic heterocycles. The molecule has 4 nitrogen and oxygen atoms in total. The molecule has 3 aliphatic rings. The van der Waals surface area contributed by atoms with Crippen LogP contribution in [0.1, 0.15) is 44.6 Å². The standard InChI is InChI=1S/C20H28N2O2/c1-16-20(17-6-2-3-7-18(17)21-16)9-11-22(12-10-20)13-15-24-19-8-4-5-14-23-19/h2-3,6-7,19H,4-5,8-15H2,1H3. The molecule has 24 heavy (non-hydrogen) atoms. The first kappa shape index (κ1) is 16.2. The largest absolute Gasteiger partial charge is 0.353 e. The molecule has 0 amide bonds. The number of nitrogens with zero attached hydrogens (tertiary/aromatic N) is 2. The fourth-order valence-corrected chi connectivity index (χ4v) is 4.40. The fourth-order valence-electron chi connectivity index (χ4n) is 4.40. The fraction of sp³-hybridized carbons (Fsp3) is 0.650. The summed E-state index contributed by atoms with van der Waals surface area (Å²) in [6.07, 6.45) is 5.82. The number of likely N-dealkylation sites (tertiary alicyclic amines) is 1. The lowest BCUT2D eigenvalue weighted by Gasteiger charge is -2.40. The maximum atomic E-state index is 5.89. The summed E-state index contributed by atoms with van der Waals surface area (Å²) in [6.45, 7) is 7.09. The Labute approximate surface area is 144 Å². The number of piperidine rings is 1. The number of ether oxygens (including phenoxy) is 2. The smallest absolute Gasteiger partial charge is 0.157 e. The Morgan fingerprint density at radius 1 is 1.25 bits per heavy atom. The van der Waals surface area contributed by atoms with Gasteiger partial charge in [0.15, 0.2) is 6.29 Å². The molecule has 2 fully saturated rings. The topological polar surface area (TPSA) is 34.1 Å². The normalized spacial score (nSPS) is 26.4. The monoisotopic (exact) mass is 328 g/mol. The quantitative estimate of drug-likeness (QED) is 0.846. The molecule has 1 spiro atoms. The first-order valence-electron chi connectivity index (χ1n) is 9.39. The molecule has 4 rings (SSSR count). The van der Waals surface area contributed by atoms with Crippen LogP contribution < -0.4 is 0 Å². The van der Waals surface area contributed by atoms with Gasteiger partial charge in [0.05, 0.1) is 12.3 Å². The Bertz CT molecular complexity index is 599. The highest BCUT2D eigenvalue weighted by molar-refractivity contribution is 6.00. The third kappa shape index (κ3) is 3.03. The van der Waals surface area contributed by atoms with E-state index in [-0.39, 0.29) is 11.7 Å². The van der Waals surface area contributed by atoms with Crippen molar-refractivity contribution in [1.29, 1.82) is 0 Å². The highest BCUT2D eigenvalue weighted by Crippen LogP contribution is 2.46. The molecule has 3 heterocycles. The summed E-state index contributed by atoms with van der Waals surface area (Å²) in [4.78, 5) is 7.36. The summed E-state index contributed by atoms with van der Waals surface area (Å²) in [7, 11) is 0. The lowest BCUT2D eigenvalue weighted by atomic mass is 9.71. The van der Waals surface area contributed by atoms with Crippen molar-refractivity contribution in [2.24, 2.45) is 4.99 Å². The number of aliphatic imine (C=N–C) groups is 1. The van der Waals surface area contributed by atoms with Crippen molar-refractivity contribution >= 4 is 11.4 Å². The molecule has 0 radical (unpaired) electrons. The van der Waals surface area contributed by atoms with Crippen LogP contribution in [0.25, 0.3) is 0 Å². The van der Waals surface area contributed by atoms with Gasteiger partial charge in [-0.1, -0.05) is 18.2 Å². The van der Waals surface area contributed by atoms with Gasteiger partial charge in [-0.3, -0.25) is 4.99 Å². The SMILES string of the molecule is CC1=Nc2ccccc2C12CCN(CCOC1CCCCO1)CC2. The molecule has 1 aromatic rings. The number of fused-ring (bicyclic) bond motifs is 2. The summed E-state index contributed by atoms with van der Waals surface area (Å²) in [5.41, 5.74) is 4.10. The van der Waals surface area contributed by atoms with Crippen LogP contribution in [0.15, 0.2) is 29.3 Å². The number of hydrogen-bond acceptors (Lipinski definition) is 4. The zero-order valence-electron chi connectivity index (χ0n) is 14.7. The Kier molecular flexibility index (Phi) is 4.70. The minimum Gasteiger partial charge on any atom is -0.353 e. The van der Waals surface area contributed by atoms with Gasteiger partial charge >= 0.3 is 0 Å². The summed E-state index contributed by atoms with van der Waals surface area (Å²) >= 11 is 0. The summed E-state index contributed by atoms with van der Waals surface area (Å²) < 4.78 is 11.5. The predicted molar refractivity (Wildman–Crippen MR) is 96.1 cm³/mol. The second-order valence-electron chi connectivity index (χ2n) is 7.31. The molecular formula is C20H28N2O2. The van der Waals surface area contributed by atoms with Gasteiger partial charge in [0.25, 0.3) is 0 Å². The molecule has 0 aliphatic carbocycles. The van der Waals surface area contributed by atoms with E-state index < -0.39 is 0 Å². The van der Waals surface area contributed by atoms with E-state index in [2.05, 4.69) is 36.1 Å². The van der Waals surface area contributed by atoms with Gasteiger partial charge in [-0.15, -0.1) is 0 Å². The van der Waals surface area contributed by atoms with Crippen LogP contribution in [0, 0.1) is 0 Å². The highest BCUT2D eigenvalue weighted by atomic mass is 16.7. The zero-order chi connectivity index (χ0) is 16.4. The maximum absolute atomic E-state index is 5.89. The summed E-state index contributed by atoms with van der Waals surface area (Å²) in [5.74, 6) is 0. The van der Waals surface area contributed by atoms with Gasteiger partial charge in [0.1, 0.15) is 0 Å². The summed E-state index contributed by atoms with van der Waals surface area (Å²) in [6, 6.07) is 8.67. The molecular weight excluding hydrogens is 300 g/mol. The average molecular weight is 328 g/mol. The number of benzene rings is 1. The molecule has 4 heteroatoms. The predicted octanol–water partition coefficient (Wildman–Crippen LogP) is 3.67. The Hall–Kier alpha value is -1.23. The van der Waals surface area contributed by atoms with Gasteiger partial charge in [0, 0.05) is 24.3 Å². The van der Waals surface area contributed by atoms with E-state index in [1.54, 1.807) is 0 Å². The van der Waals surface area contributed by atoms with Gasteiger partial charge in [0.2, 0.25) is 0 Å². The minimum atomic E-state index is 0.0333. The van der Waals surface area contributed by atoms with Gasteiger partial charge in [-0.2, -0.15) is 0 Å². The van der Waals surface area contributed by atoms with Crippen molar-refractivity contribution in [3.63, 3.8) is 0 Å². The zero-order valence-corrected chi connectivity index (χ0v) is 14.7. The van der Waals surface area contributed by atoms with Gasteiger partial charge in [-0.25, -0.2) is 0 Å². The van der Waals surface area contributed by atoms with Crippen molar-refractivity contribution in [1.82, 2.24) is 4.90 Å². The first-order chi connectivity index (χ1) is 11.8. The Balaban J connectivity index is 1.30. The van der Waals surface area contributed by atoms with Crippen molar-refractivity contribution < 1.29 is 9.47 Å². The van der Waals surface area contributed by atoms with E-state index in [4.69, 9.17) is 14.5 Å². The highest BCUT2D eigenvalue weighted by Gasteiger charge is 2.43. The maximum Gasteiger partial charge on any atom is 0.157 e. The van der Waals surface area contributed by atoms with Crippen LogP contribution in [0.2, 0.25) is 0 Å². The van der Waals surface area contributed by atoms with Crippen LogP contribution >= 0.6 is 0 Å². The molecule has 1 aromatic carbocycles. The lowest BCUT2D eigenvalue weighted by molar-refractivity contribution is -0.164. The molecule has 0 saturated carbocycles. The Morgan fingerprint density at radius 3 is 2.88 bits per heavy atom. The minimum absolute atomic E-state index is 0.0333. The number of para-hydroxylation sites is 1. The number of rotatable bonds is 4. The van der Waals surface area contributed by atoms with Crippen molar-refractivity contribution in [2.45, 2.75) is 50.7 Å². The second kappa shape index (κ2) is 6.95. The molecule has 1 unspecified atom stereocenters. The van der Waals surface area contributed by atoms with Crippen LogP contribution in [0.4, 0.5) is 5.69 Å². The molecule has 0 aromatic heterocycles. The van der Waals surface area contributed by atoms with Crippen molar-refractivity contribution in [3.05, 3.63) is 29.8 Å². The molecule has 2 saturated heterocycles. The van der Waals surface area contributed by atoms with E-state index in [1.807, 2.05) is 0 Å². The average Bonchev–Trinajstić information content (AvgIpc) is 2.90. The van der Waals surface area contributed by atoms with Crippen LogP contribution in [0.5, 0.6) is 0 Å². The van der Waals surface area contributed by atoms with Crippen molar-refractivity contribution in [2.75, 3.05) is 32.8 Å². The number of hydrogen-bond donors (Lipinski definition) is 0. The third-order valence-corrected chi connectivity index (χ3v) is 5.96. The lowest BCUT2D eigenvalue weighted by Crippen LogP contribution is -2.46. The Morgan fingerprint density at radius 2 is 2.08 bits per heavy atom. The van der Waals surface area contributed by atoms with Crippen LogP contribution in [-0.4, -0.2) is 49.7 Å². The van der Waals surface area contributed by atoms with E-state index in [1.165, 1.54) is 42.6 Å². The van der Waals surface area contributed by atoms with E-state index in [9.17, 15) is 0 Å². The van der Waals surface area contributed by atoms with Gasteiger partial charge in [-0.05, 0) is 63.7 Å². The summed E-state index contributed by atoms with van der Waals surface area (Å²) in [5, 5.41) is 0.